The second kappa shape index (κ2) is 6.80. The first-order valence-electron chi connectivity index (χ1n) is 8.41. The molecular weight excluding hydrogens is 350 g/mol. The molecule has 0 fully saturated rings. The summed E-state index contributed by atoms with van der Waals surface area (Å²) in [5.74, 6) is 0.177. The third-order valence-electron chi connectivity index (χ3n) is 4.61. The predicted octanol–water partition coefficient (Wildman–Crippen LogP) is 3.59. The Morgan fingerprint density at radius 1 is 1.19 bits per heavy atom. The van der Waals surface area contributed by atoms with Crippen molar-refractivity contribution in [1.29, 1.82) is 0 Å². The smallest absolute Gasteiger partial charge is 0.232 e. The van der Waals surface area contributed by atoms with Crippen LogP contribution in [0.15, 0.2) is 60.9 Å². The standard InChI is InChI=1S/C19H18ClN5O/c1-12-16(18(26)24-15-8-3-2-4-9-15)17(13-6-5-7-14(20)10-13)25-19(23-12)21-11-22-25/h2-12,16-17H,1H3,(H,24,26)(H,21,22,23)/t12-,16-,17+/m0/s1. The number of carbonyl (C=O) groups excluding carboxylic acids is 1. The first-order chi connectivity index (χ1) is 12.6. The van der Waals surface area contributed by atoms with E-state index in [9.17, 15) is 4.79 Å². The van der Waals surface area contributed by atoms with Crippen LogP contribution in [0.25, 0.3) is 0 Å². The molecule has 1 aromatic heterocycles. The van der Waals surface area contributed by atoms with Gasteiger partial charge in [-0.25, -0.2) is 4.68 Å². The molecule has 0 unspecified atom stereocenters. The molecule has 1 aliphatic heterocycles. The minimum Gasteiger partial charge on any atom is -0.351 e. The number of fused-ring (bicyclic) bond motifs is 1. The van der Waals surface area contributed by atoms with Gasteiger partial charge in [-0.1, -0.05) is 41.9 Å². The molecule has 2 heterocycles. The molecule has 4 rings (SSSR count). The summed E-state index contributed by atoms with van der Waals surface area (Å²) in [5, 5.41) is 11.2. The molecule has 1 aliphatic rings. The van der Waals surface area contributed by atoms with Crippen molar-refractivity contribution < 1.29 is 4.79 Å². The number of nitrogens with zero attached hydrogens (tertiary/aromatic N) is 3. The van der Waals surface area contributed by atoms with Gasteiger partial charge in [0.1, 0.15) is 6.33 Å². The van der Waals surface area contributed by atoms with Gasteiger partial charge in [-0.3, -0.25) is 4.79 Å². The predicted molar refractivity (Wildman–Crippen MR) is 101 cm³/mol. The molecule has 3 atom stereocenters. The number of hydrogen-bond donors (Lipinski definition) is 2. The number of amides is 1. The summed E-state index contributed by atoms with van der Waals surface area (Å²) in [5.41, 5.74) is 1.68. The SMILES string of the molecule is C[C@@H]1Nc2ncnn2[C@H](c2cccc(Cl)c2)[C@H]1C(=O)Nc1ccccc1. The fourth-order valence-electron chi connectivity index (χ4n) is 3.43. The highest BCUT2D eigenvalue weighted by Crippen LogP contribution is 2.37. The van der Waals surface area contributed by atoms with Crippen LogP contribution in [0, 0.1) is 5.92 Å². The van der Waals surface area contributed by atoms with E-state index < -0.39 is 0 Å². The van der Waals surface area contributed by atoms with E-state index in [1.807, 2.05) is 61.5 Å². The van der Waals surface area contributed by atoms with Crippen molar-refractivity contribution in [2.75, 3.05) is 10.6 Å². The molecule has 0 spiro atoms. The van der Waals surface area contributed by atoms with Crippen molar-refractivity contribution in [3.05, 3.63) is 71.5 Å². The maximum atomic E-state index is 13.1. The Labute approximate surface area is 156 Å². The van der Waals surface area contributed by atoms with E-state index in [0.717, 1.165) is 11.3 Å². The minimum absolute atomic E-state index is 0.0812. The molecule has 1 amide bonds. The normalized spacial score (nSPS) is 21.5. The molecule has 0 saturated carbocycles. The van der Waals surface area contributed by atoms with Crippen molar-refractivity contribution in [3.8, 4) is 0 Å². The number of halogens is 1. The molecule has 2 N–H and O–H groups in total. The number of para-hydroxylation sites is 1. The number of rotatable bonds is 3. The van der Waals surface area contributed by atoms with E-state index in [4.69, 9.17) is 11.6 Å². The highest BCUT2D eigenvalue weighted by Gasteiger charge is 2.41. The van der Waals surface area contributed by atoms with Crippen LogP contribution in [-0.2, 0) is 4.79 Å². The van der Waals surface area contributed by atoms with Crippen LogP contribution >= 0.6 is 11.6 Å². The van der Waals surface area contributed by atoms with Gasteiger partial charge in [0, 0.05) is 16.8 Å². The lowest BCUT2D eigenvalue weighted by Crippen LogP contribution is -2.46. The maximum Gasteiger partial charge on any atom is 0.232 e. The highest BCUT2D eigenvalue weighted by atomic mass is 35.5. The van der Waals surface area contributed by atoms with E-state index in [1.165, 1.54) is 6.33 Å². The molecule has 0 bridgehead atoms. The number of carbonyl (C=O) groups is 1. The van der Waals surface area contributed by atoms with E-state index >= 15 is 0 Å². The highest BCUT2D eigenvalue weighted by molar-refractivity contribution is 6.30. The molecule has 7 heteroatoms. The Morgan fingerprint density at radius 3 is 2.77 bits per heavy atom. The Bertz CT molecular complexity index is 926. The van der Waals surface area contributed by atoms with Gasteiger partial charge < -0.3 is 10.6 Å². The zero-order chi connectivity index (χ0) is 18.1. The fraction of sp³-hybridized carbons (Fsp3) is 0.211. The summed E-state index contributed by atoms with van der Waals surface area (Å²) in [7, 11) is 0. The number of aromatic nitrogens is 3. The monoisotopic (exact) mass is 367 g/mol. The average molecular weight is 368 g/mol. The van der Waals surface area contributed by atoms with Gasteiger partial charge in [-0.15, -0.1) is 0 Å². The minimum atomic E-state index is -0.386. The van der Waals surface area contributed by atoms with Gasteiger partial charge in [0.15, 0.2) is 0 Å². The fourth-order valence-corrected chi connectivity index (χ4v) is 3.63. The summed E-state index contributed by atoms with van der Waals surface area (Å²) in [6.07, 6.45) is 1.49. The summed E-state index contributed by atoms with van der Waals surface area (Å²) in [6.45, 7) is 1.98. The molecule has 26 heavy (non-hydrogen) atoms. The van der Waals surface area contributed by atoms with Crippen LogP contribution in [0.3, 0.4) is 0 Å². The third kappa shape index (κ3) is 3.04. The van der Waals surface area contributed by atoms with Gasteiger partial charge >= 0.3 is 0 Å². The van der Waals surface area contributed by atoms with Gasteiger partial charge in [0.25, 0.3) is 0 Å². The third-order valence-corrected chi connectivity index (χ3v) is 4.84. The first kappa shape index (κ1) is 16.6. The molecule has 0 saturated heterocycles. The van der Waals surface area contributed by atoms with Crippen LogP contribution in [0.5, 0.6) is 0 Å². The summed E-state index contributed by atoms with van der Waals surface area (Å²) >= 11 is 6.20. The van der Waals surface area contributed by atoms with Crippen molar-refractivity contribution in [3.63, 3.8) is 0 Å². The van der Waals surface area contributed by atoms with E-state index in [0.29, 0.717) is 11.0 Å². The van der Waals surface area contributed by atoms with E-state index in [2.05, 4.69) is 20.7 Å². The second-order valence-electron chi connectivity index (χ2n) is 6.34. The zero-order valence-electron chi connectivity index (χ0n) is 14.1. The Hall–Kier alpha value is -2.86. The van der Waals surface area contributed by atoms with Gasteiger partial charge in [-0.05, 0) is 36.8 Å². The van der Waals surface area contributed by atoms with Gasteiger partial charge in [0.2, 0.25) is 11.9 Å². The second-order valence-corrected chi connectivity index (χ2v) is 6.78. The van der Waals surface area contributed by atoms with Crippen LogP contribution in [0.1, 0.15) is 18.5 Å². The van der Waals surface area contributed by atoms with Crippen LogP contribution in [-0.4, -0.2) is 26.7 Å². The number of hydrogen-bond acceptors (Lipinski definition) is 4. The molecule has 3 aromatic rings. The molecular formula is C19H18ClN5O. The quantitative estimate of drug-likeness (QED) is 0.742. The molecule has 132 valence electrons. The molecule has 0 aliphatic carbocycles. The van der Waals surface area contributed by atoms with Crippen molar-refractivity contribution in [2.45, 2.75) is 19.0 Å². The topological polar surface area (TPSA) is 71.8 Å². The van der Waals surface area contributed by atoms with Crippen LogP contribution < -0.4 is 10.6 Å². The lowest BCUT2D eigenvalue weighted by Gasteiger charge is -2.36. The summed E-state index contributed by atoms with van der Waals surface area (Å²) in [4.78, 5) is 17.4. The number of nitrogens with one attached hydrogen (secondary N) is 2. The lowest BCUT2D eigenvalue weighted by molar-refractivity contribution is -0.121. The van der Waals surface area contributed by atoms with Crippen molar-refractivity contribution in [1.82, 2.24) is 14.8 Å². The van der Waals surface area contributed by atoms with Gasteiger partial charge in [-0.2, -0.15) is 10.1 Å². The molecule has 2 aromatic carbocycles. The maximum absolute atomic E-state index is 13.1. The zero-order valence-corrected chi connectivity index (χ0v) is 14.9. The molecule has 6 nitrogen and oxygen atoms in total. The largest absolute Gasteiger partial charge is 0.351 e. The summed E-state index contributed by atoms with van der Waals surface area (Å²) < 4.78 is 1.75. The average Bonchev–Trinajstić information content (AvgIpc) is 3.09. The van der Waals surface area contributed by atoms with E-state index in [1.54, 1.807) is 4.68 Å². The number of anilines is 2. The lowest BCUT2D eigenvalue weighted by atomic mass is 9.85. The van der Waals surface area contributed by atoms with Crippen LogP contribution in [0.2, 0.25) is 5.02 Å². The van der Waals surface area contributed by atoms with Crippen molar-refractivity contribution >= 4 is 29.1 Å². The Kier molecular flexibility index (Phi) is 4.34. The van der Waals surface area contributed by atoms with Gasteiger partial charge in [0.05, 0.1) is 12.0 Å². The van der Waals surface area contributed by atoms with E-state index in [-0.39, 0.29) is 23.9 Å². The van der Waals surface area contributed by atoms with Crippen LogP contribution in [0.4, 0.5) is 11.6 Å². The Balaban J connectivity index is 1.74. The summed E-state index contributed by atoms with van der Waals surface area (Å²) in [6, 6.07) is 16.5. The molecule has 0 radical (unpaired) electrons. The first-order valence-corrected chi connectivity index (χ1v) is 8.78. The van der Waals surface area contributed by atoms with Crippen molar-refractivity contribution in [2.24, 2.45) is 5.92 Å². The Morgan fingerprint density at radius 2 is 2.00 bits per heavy atom. The number of benzene rings is 2.